The molecule has 0 saturated heterocycles. The fourth-order valence-corrected chi connectivity index (χ4v) is 3.38. The van der Waals surface area contributed by atoms with E-state index in [-0.39, 0.29) is 24.0 Å². The van der Waals surface area contributed by atoms with Crippen LogP contribution in [0.5, 0.6) is 5.75 Å². The molecule has 1 N–H and O–H groups in total. The van der Waals surface area contributed by atoms with Crippen molar-refractivity contribution < 1.29 is 14.3 Å². The van der Waals surface area contributed by atoms with Gasteiger partial charge in [-0.25, -0.2) is 14.4 Å². The van der Waals surface area contributed by atoms with Gasteiger partial charge in [0.15, 0.2) is 0 Å². The number of aromatic hydroxyl groups is 1. The van der Waals surface area contributed by atoms with Crippen LogP contribution < -0.4 is 0 Å². The fraction of sp³-hybridized carbons (Fsp3) is 0.150. The van der Waals surface area contributed by atoms with E-state index in [0.29, 0.717) is 28.3 Å². The van der Waals surface area contributed by atoms with Gasteiger partial charge in [-0.1, -0.05) is 23.7 Å². The van der Waals surface area contributed by atoms with Crippen molar-refractivity contribution in [2.75, 3.05) is 0 Å². The molecule has 142 valence electrons. The monoisotopic (exact) mass is 398 g/mol. The number of amides is 1. The second kappa shape index (κ2) is 7.44. The topological polar surface area (TPSA) is 70.7 Å². The van der Waals surface area contributed by atoms with E-state index in [4.69, 9.17) is 11.6 Å². The van der Waals surface area contributed by atoms with Crippen LogP contribution in [-0.2, 0) is 11.3 Å². The molecule has 6 nitrogen and oxygen atoms in total. The van der Waals surface area contributed by atoms with Crippen LogP contribution >= 0.6 is 11.6 Å². The molecule has 28 heavy (non-hydrogen) atoms. The largest absolute Gasteiger partial charge is 0.508 e. The zero-order valence-electron chi connectivity index (χ0n) is 14.7. The summed E-state index contributed by atoms with van der Waals surface area (Å²) in [6.07, 6.45) is 5.19. The molecule has 0 saturated carbocycles. The van der Waals surface area contributed by atoms with Gasteiger partial charge in [-0.3, -0.25) is 4.79 Å². The quantitative estimate of drug-likeness (QED) is 0.727. The van der Waals surface area contributed by atoms with Crippen molar-refractivity contribution in [1.29, 1.82) is 0 Å². The lowest BCUT2D eigenvalue weighted by atomic mass is 9.97. The highest BCUT2D eigenvalue weighted by atomic mass is 35.5. The molecule has 0 radical (unpaired) electrons. The third-order valence-electron chi connectivity index (χ3n) is 4.57. The molecule has 1 aliphatic rings. The molecule has 4 rings (SSSR count). The molecular formula is C20H16ClFN4O2. The Labute approximate surface area is 165 Å². The van der Waals surface area contributed by atoms with Gasteiger partial charge in [0.25, 0.3) is 5.91 Å². The predicted molar refractivity (Wildman–Crippen MR) is 102 cm³/mol. The molecule has 0 fully saturated rings. The van der Waals surface area contributed by atoms with Crippen molar-refractivity contribution in [3.05, 3.63) is 83.2 Å². The van der Waals surface area contributed by atoms with Crippen LogP contribution in [0.2, 0.25) is 5.02 Å². The Kier molecular flexibility index (Phi) is 4.83. The van der Waals surface area contributed by atoms with Gasteiger partial charge in [0.1, 0.15) is 18.1 Å². The summed E-state index contributed by atoms with van der Waals surface area (Å²) in [7, 11) is 0. The third kappa shape index (κ3) is 3.61. The first-order chi connectivity index (χ1) is 13.5. The first kappa shape index (κ1) is 18.2. The van der Waals surface area contributed by atoms with Crippen molar-refractivity contribution in [3.8, 4) is 5.75 Å². The number of benzene rings is 2. The molecule has 2 aromatic carbocycles. The summed E-state index contributed by atoms with van der Waals surface area (Å²) >= 11 is 6.10. The highest BCUT2D eigenvalue weighted by Gasteiger charge is 2.34. The van der Waals surface area contributed by atoms with Gasteiger partial charge in [0.05, 0.1) is 18.1 Å². The Morgan fingerprint density at radius 3 is 2.75 bits per heavy atom. The molecule has 2 heterocycles. The molecular weight excluding hydrogens is 383 g/mol. The van der Waals surface area contributed by atoms with Gasteiger partial charge < -0.3 is 9.67 Å². The van der Waals surface area contributed by atoms with Crippen molar-refractivity contribution in [3.63, 3.8) is 0 Å². The maximum atomic E-state index is 13.3. The lowest BCUT2D eigenvalue weighted by Gasteiger charge is -2.23. The molecule has 0 bridgehead atoms. The minimum absolute atomic E-state index is 0.0328. The highest BCUT2D eigenvalue weighted by Crippen LogP contribution is 2.38. The number of carbonyl (C=O) groups excluding carboxylic acids is 1. The standard InChI is InChI=1S/C20H16ClFN4O2/c21-14-3-6-19(27)16(9-14)18-10-17(13-1-4-15(22)5-2-13)24-26(18)20(28)11-25-8-7-23-12-25/h1-9,12,18,27H,10-11H2. The van der Waals surface area contributed by atoms with E-state index in [0.717, 1.165) is 0 Å². The maximum Gasteiger partial charge on any atom is 0.263 e. The summed E-state index contributed by atoms with van der Waals surface area (Å²) in [5.74, 6) is -0.579. The van der Waals surface area contributed by atoms with Crippen molar-refractivity contribution >= 4 is 23.2 Å². The molecule has 1 aliphatic heterocycles. The van der Waals surface area contributed by atoms with Gasteiger partial charge in [0, 0.05) is 29.4 Å². The van der Waals surface area contributed by atoms with Crippen molar-refractivity contribution in [2.24, 2.45) is 5.10 Å². The molecule has 8 heteroatoms. The van der Waals surface area contributed by atoms with Crippen LogP contribution in [0.15, 0.2) is 66.3 Å². The van der Waals surface area contributed by atoms with E-state index in [1.807, 2.05) is 0 Å². The first-order valence-corrected chi connectivity index (χ1v) is 8.98. The van der Waals surface area contributed by atoms with Gasteiger partial charge in [-0.15, -0.1) is 0 Å². The summed E-state index contributed by atoms with van der Waals surface area (Å²) in [4.78, 5) is 16.9. The Morgan fingerprint density at radius 2 is 2.04 bits per heavy atom. The molecule has 0 aliphatic carbocycles. The average Bonchev–Trinajstić information content (AvgIpc) is 3.34. The Hall–Kier alpha value is -3.19. The number of phenolic OH excluding ortho intramolecular Hbond substituents is 1. The zero-order chi connectivity index (χ0) is 19.7. The molecule has 0 spiro atoms. The summed E-state index contributed by atoms with van der Waals surface area (Å²) in [5.41, 5.74) is 1.85. The summed E-state index contributed by atoms with van der Waals surface area (Å²) in [6, 6.07) is 10.1. The number of imidazole rings is 1. The fourth-order valence-electron chi connectivity index (χ4n) is 3.20. The van der Waals surface area contributed by atoms with E-state index < -0.39 is 6.04 Å². The molecule has 1 amide bonds. The smallest absolute Gasteiger partial charge is 0.263 e. The lowest BCUT2D eigenvalue weighted by molar-refractivity contribution is -0.133. The third-order valence-corrected chi connectivity index (χ3v) is 4.80. The van der Waals surface area contributed by atoms with Gasteiger partial charge in [-0.05, 0) is 35.9 Å². The Balaban J connectivity index is 1.70. The van der Waals surface area contributed by atoms with E-state index in [1.54, 1.807) is 47.6 Å². The molecule has 1 aromatic heterocycles. The molecule has 1 unspecified atom stereocenters. The molecule has 3 aromatic rings. The predicted octanol–water partition coefficient (Wildman–Crippen LogP) is 3.76. The Morgan fingerprint density at radius 1 is 1.25 bits per heavy atom. The minimum atomic E-state index is -0.519. The molecule has 1 atom stereocenters. The second-order valence-electron chi connectivity index (χ2n) is 6.45. The normalized spacial score (nSPS) is 16.3. The number of rotatable bonds is 4. The lowest BCUT2D eigenvalue weighted by Crippen LogP contribution is -2.30. The van der Waals surface area contributed by atoms with Crippen LogP contribution in [0.4, 0.5) is 4.39 Å². The van der Waals surface area contributed by atoms with E-state index in [9.17, 15) is 14.3 Å². The Bertz CT molecular complexity index is 1030. The van der Waals surface area contributed by atoms with E-state index in [2.05, 4.69) is 10.1 Å². The average molecular weight is 399 g/mol. The van der Waals surface area contributed by atoms with Crippen LogP contribution in [0, 0.1) is 5.82 Å². The maximum absolute atomic E-state index is 13.3. The van der Waals surface area contributed by atoms with Gasteiger partial charge in [0.2, 0.25) is 0 Å². The number of nitrogens with zero attached hydrogens (tertiary/aromatic N) is 4. The van der Waals surface area contributed by atoms with Crippen LogP contribution in [0.1, 0.15) is 23.6 Å². The summed E-state index contributed by atoms with van der Waals surface area (Å²) < 4.78 is 14.9. The number of carbonyl (C=O) groups is 1. The van der Waals surface area contributed by atoms with Crippen LogP contribution in [0.25, 0.3) is 0 Å². The SMILES string of the molecule is O=C(Cn1ccnc1)N1N=C(c2ccc(F)cc2)CC1c1cc(Cl)ccc1O. The number of hydrogen-bond donors (Lipinski definition) is 1. The number of aromatic nitrogens is 2. The van der Waals surface area contributed by atoms with Crippen LogP contribution in [0.3, 0.4) is 0 Å². The van der Waals surface area contributed by atoms with Crippen LogP contribution in [-0.4, -0.2) is 31.3 Å². The number of hydrogen-bond acceptors (Lipinski definition) is 4. The summed E-state index contributed by atoms with van der Waals surface area (Å²) in [6.45, 7) is 0.0536. The minimum Gasteiger partial charge on any atom is -0.508 e. The second-order valence-corrected chi connectivity index (χ2v) is 6.89. The number of halogens is 2. The first-order valence-electron chi connectivity index (χ1n) is 8.61. The van der Waals surface area contributed by atoms with Crippen molar-refractivity contribution in [1.82, 2.24) is 14.6 Å². The van der Waals surface area contributed by atoms with E-state index >= 15 is 0 Å². The van der Waals surface area contributed by atoms with E-state index in [1.165, 1.54) is 23.2 Å². The van der Waals surface area contributed by atoms with Crippen molar-refractivity contribution in [2.45, 2.75) is 19.0 Å². The van der Waals surface area contributed by atoms with Gasteiger partial charge >= 0.3 is 0 Å². The number of phenols is 1. The van der Waals surface area contributed by atoms with Gasteiger partial charge in [-0.2, -0.15) is 5.10 Å². The number of hydrazone groups is 1. The zero-order valence-corrected chi connectivity index (χ0v) is 15.4. The highest BCUT2D eigenvalue weighted by molar-refractivity contribution is 6.30. The summed E-state index contributed by atoms with van der Waals surface area (Å²) in [5, 5.41) is 16.6.